The monoisotopic (exact) mass is 309 g/mol. The first-order valence-electron chi connectivity index (χ1n) is 7.08. The van der Waals surface area contributed by atoms with Crippen molar-refractivity contribution in [3.63, 3.8) is 0 Å². The number of nitrogens with one attached hydrogen (secondary N) is 1. The van der Waals surface area contributed by atoms with Crippen molar-refractivity contribution in [2.24, 2.45) is 0 Å². The lowest BCUT2D eigenvalue weighted by Gasteiger charge is -2.10. The molecule has 0 saturated heterocycles. The van der Waals surface area contributed by atoms with Gasteiger partial charge in [-0.15, -0.1) is 0 Å². The van der Waals surface area contributed by atoms with Gasteiger partial charge in [-0.1, -0.05) is 18.2 Å². The number of aromatic nitrogens is 2. The summed E-state index contributed by atoms with van der Waals surface area (Å²) in [4.78, 5) is 28.6. The van der Waals surface area contributed by atoms with E-state index in [0.29, 0.717) is 16.6 Å². The van der Waals surface area contributed by atoms with E-state index in [1.165, 1.54) is 17.0 Å². The lowest BCUT2D eigenvalue weighted by atomic mass is 10.2. The molecular formula is C17H15N3O3. The van der Waals surface area contributed by atoms with Gasteiger partial charge in [-0.3, -0.25) is 14.2 Å². The van der Waals surface area contributed by atoms with Crippen LogP contribution in [0.4, 0.5) is 5.69 Å². The van der Waals surface area contributed by atoms with Crippen LogP contribution in [0.1, 0.15) is 5.56 Å². The Bertz CT molecular complexity index is 947. The summed E-state index contributed by atoms with van der Waals surface area (Å²) in [5.74, 6) is -0.432. The number of para-hydroxylation sites is 1. The number of nitrogens with zero attached hydrogens (tertiary/aromatic N) is 2. The minimum Gasteiger partial charge on any atom is -0.506 e. The van der Waals surface area contributed by atoms with Gasteiger partial charge < -0.3 is 10.4 Å². The third-order valence-corrected chi connectivity index (χ3v) is 3.47. The van der Waals surface area contributed by atoms with Crippen molar-refractivity contribution in [1.82, 2.24) is 9.55 Å². The summed E-state index contributed by atoms with van der Waals surface area (Å²) in [6, 6.07) is 11.9. The molecule has 23 heavy (non-hydrogen) atoms. The summed E-state index contributed by atoms with van der Waals surface area (Å²) in [6.45, 7) is 1.68. The zero-order valence-electron chi connectivity index (χ0n) is 12.5. The van der Waals surface area contributed by atoms with E-state index in [9.17, 15) is 14.7 Å². The second kappa shape index (κ2) is 5.92. The predicted octanol–water partition coefficient (Wildman–Crippen LogP) is 2.05. The fraction of sp³-hybridized carbons (Fsp3) is 0.118. The van der Waals surface area contributed by atoms with E-state index in [4.69, 9.17) is 0 Å². The van der Waals surface area contributed by atoms with E-state index in [-0.39, 0.29) is 17.9 Å². The normalized spacial score (nSPS) is 10.7. The van der Waals surface area contributed by atoms with Crippen molar-refractivity contribution in [2.75, 3.05) is 5.32 Å². The molecule has 0 bridgehead atoms. The van der Waals surface area contributed by atoms with Crippen LogP contribution in [0, 0.1) is 6.92 Å². The number of phenols is 1. The fourth-order valence-corrected chi connectivity index (χ4v) is 2.31. The van der Waals surface area contributed by atoms with Gasteiger partial charge in [-0.25, -0.2) is 4.98 Å². The molecule has 6 nitrogen and oxygen atoms in total. The first-order chi connectivity index (χ1) is 11.0. The van der Waals surface area contributed by atoms with E-state index >= 15 is 0 Å². The Labute approximate surface area is 132 Å². The van der Waals surface area contributed by atoms with Crippen molar-refractivity contribution in [3.05, 3.63) is 64.7 Å². The zero-order chi connectivity index (χ0) is 16.4. The highest BCUT2D eigenvalue weighted by molar-refractivity contribution is 5.92. The first-order valence-corrected chi connectivity index (χ1v) is 7.08. The minimum absolute atomic E-state index is 0.0204. The van der Waals surface area contributed by atoms with E-state index < -0.39 is 5.91 Å². The SMILES string of the molecule is Cc1ccc(O)c(NC(=O)Cn2cnc3ccccc3c2=O)c1. The highest BCUT2D eigenvalue weighted by atomic mass is 16.3. The first kappa shape index (κ1) is 14.8. The molecule has 1 heterocycles. The molecular weight excluding hydrogens is 294 g/mol. The summed E-state index contributed by atoms with van der Waals surface area (Å²) in [5, 5.41) is 12.8. The lowest BCUT2D eigenvalue weighted by Crippen LogP contribution is -2.27. The lowest BCUT2D eigenvalue weighted by molar-refractivity contribution is -0.116. The summed E-state index contributed by atoms with van der Waals surface area (Å²) < 4.78 is 1.24. The molecule has 0 aliphatic heterocycles. The molecule has 1 aromatic heterocycles. The van der Waals surface area contributed by atoms with Gasteiger partial charge in [0.15, 0.2) is 0 Å². The average molecular weight is 309 g/mol. The maximum atomic E-state index is 12.3. The van der Waals surface area contributed by atoms with Gasteiger partial charge in [-0.05, 0) is 36.8 Å². The number of benzene rings is 2. The molecule has 0 radical (unpaired) electrons. The molecule has 3 aromatic rings. The summed E-state index contributed by atoms with van der Waals surface area (Å²) in [5.41, 5.74) is 1.53. The molecule has 2 aromatic carbocycles. The molecule has 6 heteroatoms. The molecule has 0 aliphatic rings. The van der Waals surface area contributed by atoms with Crippen LogP contribution in [-0.4, -0.2) is 20.6 Å². The summed E-state index contributed by atoms with van der Waals surface area (Å²) >= 11 is 0. The van der Waals surface area contributed by atoms with Crippen LogP contribution in [0.3, 0.4) is 0 Å². The Balaban J connectivity index is 1.84. The van der Waals surface area contributed by atoms with Gasteiger partial charge >= 0.3 is 0 Å². The molecule has 0 aliphatic carbocycles. The molecule has 0 atom stereocenters. The number of anilines is 1. The van der Waals surface area contributed by atoms with Gasteiger partial charge in [-0.2, -0.15) is 0 Å². The van der Waals surface area contributed by atoms with Gasteiger partial charge in [0.25, 0.3) is 5.56 Å². The van der Waals surface area contributed by atoms with Crippen LogP contribution < -0.4 is 10.9 Å². The van der Waals surface area contributed by atoms with Crippen molar-refractivity contribution in [3.8, 4) is 5.75 Å². The smallest absolute Gasteiger partial charge is 0.261 e. The number of hydrogen-bond donors (Lipinski definition) is 2. The Morgan fingerprint density at radius 3 is 2.87 bits per heavy atom. The molecule has 0 saturated carbocycles. The number of aryl methyl sites for hydroxylation is 1. The number of amides is 1. The Morgan fingerprint density at radius 2 is 2.04 bits per heavy atom. The Kier molecular flexibility index (Phi) is 3.80. The molecule has 0 spiro atoms. The van der Waals surface area contributed by atoms with Crippen LogP contribution >= 0.6 is 0 Å². The van der Waals surface area contributed by atoms with Crippen LogP contribution in [0.15, 0.2) is 53.6 Å². The quantitative estimate of drug-likeness (QED) is 0.725. The van der Waals surface area contributed by atoms with E-state index in [0.717, 1.165) is 5.56 Å². The second-order valence-electron chi connectivity index (χ2n) is 5.26. The predicted molar refractivity (Wildman–Crippen MR) is 87.5 cm³/mol. The van der Waals surface area contributed by atoms with Crippen LogP contribution in [0.2, 0.25) is 0 Å². The average Bonchev–Trinajstić information content (AvgIpc) is 2.54. The Morgan fingerprint density at radius 1 is 1.26 bits per heavy atom. The molecule has 3 rings (SSSR count). The number of fused-ring (bicyclic) bond motifs is 1. The van der Waals surface area contributed by atoms with Gasteiger partial charge in [0.2, 0.25) is 5.91 Å². The van der Waals surface area contributed by atoms with E-state index in [1.807, 2.05) is 6.92 Å². The standard InChI is InChI=1S/C17H15N3O3/c1-11-6-7-15(21)14(8-11)19-16(22)9-20-10-18-13-5-3-2-4-12(13)17(20)23/h2-8,10,21H,9H2,1H3,(H,19,22). The van der Waals surface area contributed by atoms with Gasteiger partial charge in [0, 0.05) is 0 Å². The highest BCUT2D eigenvalue weighted by Gasteiger charge is 2.10. The van der Waals surface area contributed by atoms with Crippen LogP contribution in [-0.2, 0) is 11.3 Å². The van der Waals surface area contributed by atoms with Gasteiger partial charge in [0.1, 0.15) is 12.3 Å². The van der Waals surface area contributed by atoms with Crippen molar-refractivity contribution in [2.45, 2.75) is 13.5 Å². The topological polar surface area (TPSA) is 84.2 Å². The maximum absolute atomic E-state index is 12.3. The molecule has 0 fully saturated rings. The molecule has 2 N–H and O–H groups in total. The van der Waals surface area contributed by atoms with E-state index in [2.05, 4.69) is 10.3 Å². The Hall–Kier alpha value is -3.15. The van der Waals surface area contributed by atoms with Crippen LogP contribution in [0.25, 0.3) is 10.9 Å². The zero-order valence-corrected chi connectivity index (χ0v) is 12.5. The number of carbonyl (C=O) groups excluding carboxylic acids is 1. The van der Waals surface area contributed by atoms with Crippen molar-refractivity contribution in [1.29, 1.82) is 0 Å². The highest BCUT2D eigenvalue weighted by Crippen LogP contribution is 2.23. The molecule has 0 unspecified atom stereocenters. The van der Waals surface area contributed by atoms with Crippen molar-refractivity contribution < 1.29 is 9.90 Å². The summed E-state index contributed by atoms with van der Waals surface area (Å²) in [7, 11) is 0. The third-order valence-electron chi connectivity index (χ3n) is 3.47. The third kappa shape index (κ3) is 3.06. The van der Waals surface area contributed by atoms with E-state index in [1.54, 1.807) is 36.4 Å². The molecule has 1 amide bonds. The number of rotatable bonds is 3. The number of aromatic hydroxyl groups is 1. The number of phenolic OH excluding ortho intramolecular Hbond substituents is 1. The maximum Gasteiger partial charge on any atom is 0.261 e. The van der Waals surface area contributed by atoms with Gasteiger partial charge in [0.05, 0.1) is 22.9 Å². The van der Waals surface area contributed by atoms with Crippen molar-refractivity contribution >= 4 is 22.5 Å². The number of hydrogen-bond acceptors (Lipinski definition) is 4. The number of carbonyl (C=O) groups is 1. The summed E-state index contributed by atoms with van der Waals surface area (Å²) in [6.07, 6.45) is 1.35. The minimum atomic E-state index is -0.412. The fourth-order valence-electron chi connectivity index (χ4n) is 2.31. The van der Waals surface area contributed by atoms with Crippen LogP contribution in [0.5, 0.6) is 5.75 Å². The molecule has 116 valence electrons. The second-order valence-corrected chi connectivity index (χ2v) is 5.26. The largest absolute Gasteiger partial charge is 0.506 e.